The fraction of sp³-hybridized carbons (Fsp3) is 0.750. The van der Waals surface area contributed by atoms with Crippen molar-refractivity contribution in [2.45, 2.75) is 45.4 Å². The Morgan fingerprint density at radius 2 is 2.13 bits per heavy atom. The van der Waals surface area contributed by atoms with E-state index in [9.17, 15) is 0 Å². The zero-order valence-corrected chi connectivity index (χ0v) is 9.98. The highest BCUT2D eigenvalue weighted by Gasteiger charge is 2.33. The molecule has 0 radical (unpaired) electrons. The number of nitrogens with one attached hydrogen (secondary N) is 2. The van der Waals surface area contributed by atoms with Crippen LogP contribution in [0.3, 0.4) is 0 Å². The Morgan fingerprint density at radius 3 is 2.60 bits per heavy atom. The van der Waals surface area contributed by atoms with E-state index in [0.29, 0.717) is 0 Å². The topological polar surface area (TPSA) is 40.7 Å². The lowest BCUT2D eigenvalue weighted by Gasteiger charge is -2.19. The maximum atomic E-state index is 4.76. The molecule has 1 aromatic heterocycles. The molecular formula is C12H21N3. The summed E-state index contributed by atoms with van der Waals surface area (Å²) in [5.41, 5.74) is 2.79. The van der Waals surface area contributed by atoms with E-state index in [-0.39, 0.29) is 5.41 Å². The summed E-state index contributed by atoms with van der Waals surface area (Å²) in [4.78, 5) is 8.27. The van der Waals surface area contributed by atoms with Gasteiger partial charge in [-0.2, -0.15) is 0 Å². The van der Waals surface area contributed by atoms with Crippen molar-refractivity contribution >= 4 is 0 Å². The molecule has 0 bridgehead atoms. The molecule has 84 valence electrons. The average Bonchev–Trinajstić information content (AvgIpc) is 2.84. The van der Waals surface area contributed by atoms with Crippen LogP contribution in [0.2, 0.25) is 0 Å². The molecule has 1 aliphatic heterocycles. The molecule has 1 atom stereocenters. The second-order valence-electron chi connectivity index (χ2n) is 4.71. The monoisotopic (exact) mass is 207 g/mol. The minimum atomic E-state index is 0.220. The zero-order valence-electron chi connectivity index (χ0n) is 9.98. The predicted octanol–water partition coefficient (Wildman–Crippen LogP) is 1.79. The number of aryl methyl sites for hydroxylation is 2. The van der Waals surface area contributed by atoms with E-state index in [1.54, 1.807) is 0 Å². The number of imidazole rings is 1. The Bertz CT molecular complexity index is 313. The molecule has 0 saturated carbocycles. The lowest BCUT2D eigenvalue weighted by Crippen LogP contribution is -2.26. The highest BCUT2D eigenvalue weighted by molar-refractivity contribution is 5.21. The molecule has 1 fully saturated rings. The van der Waals surface area contributed by atoms with Crippen molar-refractivity contribution in [1.82, 2.24) is 15.3 Å². The van der Waals surface area contributed by atoms with Crippen molar-refractivity contribution in [2.75, 3.05) is 13.1 Å². The van der Waals surface area contributed by atoms with E-state index in [1.165, 1.54) is 23.6 Å². The minimum absolute atomic E-state index is 0.220. The number of H-pyrrole nitrogens is 1. The fourth-order valence-electron chi connectivity index (χ4n) is 2.34. The van der Waals surface area contributed by atoms with Gasteiger partial charge in [-0.05, 0) is 25.8 Å². The van der Waals surface area contributed by atoms with Gasteiger partial charge in [0.2, 0.25) is 0 Å². The quantitative estimate of drug-likeness (QED) is 0.793. The van der Waals surface area contributed by atoms with Crippen LogP contribution in [0.5, 0.6) is 0 Å². The normalized spacial score (nSPS) is 26.1. The van der Waals surface area contributed by atoms with Gasteiger partial charge >= 0.3 is 0 Å². The SMILES string of the molecule is CCc1nc(C2(C)CCNC2)[nH]c1CC. The summed E-state index contributed by atoms with van der Waals surface area (Å²) in [7, 11) is 0. The maximum Gasteiger partial charge on any atom is 0.113 e. The molecule has 1 aromatic rings. The Balaban J connectivity index is 2.32. The third-order valence-electron chi connectivity index (χ3n) is 3.49. The lowest BCUT2D eigenvalue weighted by molar-refractivity contribution is 0.493. The van der Waals surface area contributed by atoms with E-state index in [4.69, 9.17) is 4.98 Å². The van der Waals surface area contributed by atoms with E-state index >= 15 is 0 Å². The molecule has 1 aliphatic rings. The van der Waals surface area contributed by atoms with Gasteiger partial charge in [-0.25, -0.2) is 4.98 Å². The molecule has 3 nitrogen and oxygen atoms in total. The fourth-order valence-corrected chi connectivity index (χ4v) is 2.34. The third kappa shape index (κ3) is 1.81. The smallest absolute Gasteiger partial charge is 0.113 e. The molecule has 0 aromatic carbocycles. The van der Waals surface area contributed by atoms with E-state index in [0.717, 1.165) is 25.9 Å². The van der Waals surface area contributed by atoms with Crippen LogP contribution in [0.4, 0.5) is 0 Å². The van der Waals surface area contributed by atoms with Gasteiger partial charge in [0, 0.05) is 17.7 Å². The van der Waals surface area contributed by atoms with E-state index in [1.807, 2.05) is 0 Å². The second-order valence-corrected chi connectivity index (χ2v) is 4.71. The lowest BCUT2D eigenvalue weighted by atomic mass is 9.89. The van der Waals surface area contributed by atoms with Gasteiger partial charge in [-0.3, -0.25) is 0 Å². The minimum Gasteiger partial charge on any atom is -0.345 e. The van der Waals surface area contributed by atoms with Gasteiger partial charge in [0.1, 0.15) is 5.82 Å². The zero-order chi connectivity index (χ0) is 10.9. The number of aromatic nitrogens is 2. The van der Waals surface area contributed by atoms with Crippen LogP contribution >= 0.6 is 0 Å². The van der Waals surface area contributed by atoms with Gasteiger partial charge in [0.05, 0.1) is 5.69 Å². The van der Waals surface area contributed by atoms with Crippen molar-refractivity contribution in [3.8, 4) is 0 Å². The Morgan fingerprint density at radius 1 is 1.33 bits per heavy atom. The summed E-state index contributed by atoms with van der Waals surface area (Å²) >= 11 is 0. The summed E-state index contributed by atoms with van der Waals surface area (Å²) in [6, 6.07) is 0. The highest BCUT2D eigenvalue weighted by atomic mass is 15.0. The Kier molecular flexibility index (Phi) is 2.83. The van der Waals surface area contributed by atoms with Gasteiger partial charge in [0.15, 0.2) is 0 Å². The Labute approximate surface area is 91.7 Å². The predicted molar refractivity (Wildman–Crippen MR) is 62.2 cm³/mol. The molecule has 0 amide bonds. The van der Waals surface area contributed by atoms with Crippen LogP contribution in [0, 0.1) is 0 Å². The molecule has 3 heteroatoms. The summed E-state index contributed by atoms with van der Waals surface area (Å²) < 4.78 is 0. The molecule has 2 N–H and O–H groups in total. The van der Waals surface area contributed by atoms with Crippen molar-refractivity contribution in [3.05, 3.63) is 17.2 Å². The largest absolute Gasteiger partial charge is 0.345 e. The van der Waals surface area contributed by atoms with Crippen LogP contribution in [0.25, 0.3) is 0 Å². The molecule has 1 unspecified atom stereocenters. The standard InChI is InChI=1S/C12H21N3/c1-4-9-10(5-2)15-11(14-9)12(3)6-7-13-8-12/h13H,4-8H2,1-3H3,(H,14,15). The first kappa shape index (κ1) is 10.7. The van der Waals surface area contributed by atoms with Crippen molar-refractivity contribution < 1.29 is 0 Å². The maximum absolute atomic E-state index is 4.76. The van der Waals surface area contributed by atoms with Crippen LogP contribution in [0.1, 0.15) is 44.4 Å². The van der Waals surface area contributed by atoms with E-state index < -0.39 is 0 Å². The van der Waals surface area contributed by atoms with Crippen molar-refractivity contribution in [2.24, 2.45) is 0 Å². The van der Waals surface area contributed by atoms with Crippen LogP contribution in [0.15, 0.2) is 0 Å². The van der Waals surface area contributed by atoms with Crippen LogP contribution in [-0.4, -0.2) is 23.1 Å². The average molecular weight is 207 g/mol. The number of hydrogen-bond acceptors (Lipinski definition) is 2. The molecule has 15 heavy (non-hydrogen) atoms. The van der Waals surface area contributed by atoms with Crippen LogP contribution in [-0.2, 0) is 18.3 Å². The van der Waals surface area contributed by atoms with E-state index in [2.05, 4.69) is 31.1 Å². The summed E-state index contributed by atoms with van der Waals surface area (Å²) in [6.45, 7) is 8.82. The molecule has 2 rings (SSSR count). The second kappa shape index (κ2) is 3.97. The van der Waals surface area contributed by atoms with Gasteiger partial charge in [0.25, 0.3) is 0 Å². The Hall–Kier alpha value is -0.830. The first-order valence-electron chi connectivity index (χ1n) is 5.98. The third-order valence-corrected chi connectivity index (χ3v) is 3.49. The molecule has 0 spiro atoms. The number of aromatic amines is 1. The van der Waals surface area contributed by atoms with Gasteiger partial charge in [-0.1, -0.05) is 20.8 Å². The summed E-state index contributed by atoms with van der Waals surface area (Å²) in [5, 5.41) is 3.42. The highest BCUT2D eigenvalue weighted by Crippen LogP contribution is 2.28. The number of nitrogens with zero attached hydrogens (tertiary/aromatic N) is 1. The van der Waals surface area contributed by atoms with Gasteiger partial charge < -0.3 is 10.3 Å². The van der Waals surface area contributed by atoms with Crippen molar-refractivity contribution in [3.63, 3.8) is 0 Å². The summed E-state index contributed by atoms with van der Waals surface area (Å²) in [6.07, 6.45) is 3.27. The van der Waals surface area contributed by atoms with Crippen molar-refractivity contribution in [1.29, 1.82) is 0 Å². The molecule has 1 saturated heterocycles. The first-order chi connectivity index (χ1) is 7.19. The molecule has 0 aliphatic carbocycles. The first-order valence-corrected chi connectivity index (χ1v) is 5.98. The number of rotatable bonds is 3. The number of hydrogen-bond donors (Lipinski definition) is 2. The van der Waals surface area contributed by atoms with Crippen LogP contribution < -0.4 is 5.32 Å². The summed E-state index contributed by atoms with van der Waals surface area (Å²) in [5.74, 6) is 1.18. The van der Waals surface area contributed by atoms with Gasteiger partial charge in [-0.15, -0.1) is 0 Å². The molecular weight excluding hydrogens is 186 g/mol. The molecule has 2 heterocycles.